The quantitative estimate of drug-likeness (QED) is 0.854. The van der Waals surface area contributed by atoms with E-state index in [0.29, 0.717) is 5.16 Å². The summed E-state index contributed by atoms with van der Waals surface area (Å²) in [4.78, 5) is 10.7. The van der Waals surface area contributed by atoms with Gasteiger partial charge in [0, 0.05) is 11.6 Å². The third kappa shape index (κ3) is 2.97. The number of hydrogen-bond acceptors (Lipinski definition) is 5. The lowest BCUT2D eigenvalue weighted by atomic mass is 10.1. The lowest BCUT2D eigenvalue weighted by Gasteiger charge is -2.13. The van der Waals surface area contributed by atoms with Crippen LogP contribution in [-0.4, -0.2) is 31.6 Å². The van der Waals surface area contributed by atoms with Crippen molar-refractivity contribution in [3.05, 3.63) is 17.1 Å². The van der Waals surface area contributed by atoms with Gasteiger partial charge in [0.15, 0.2) is 11.0 Å². The highest BCUT2D eigenvalue weighted by molar-refractivity contribution is 7.99. The zero-order valence-electron chi connectivity index (χ0n) is 12.8. The van der Waals surface area contributed by atoms with Crippen LogP contribution in [0.25, 0.3) is 11.4 Å². The highest BCUT2D eigenvalue weighted by Crippen LogP contribution is 2.34. The molecule has 2 heterocycles. The Kier molecular flexibility index (Phi) is 4.41. The Morgan fingerprint density at radius 1 is 1.29 bits per heavy atom. The van der Waals surface area contributed by atoms with Gasteiger partial charge in [-0.2, -0.15) is 0 Å². The predicted octanol–water partition coefficient (Wildman–Crippen LogP) is 3.22. The number of aliphatic carboxylic acids is 1. The van der Waals surface area contributed by atoms with E-state index in [1.54, 1.807) is 0 Å². The number of rotatable bonds is 5. The summed E-state index contributed by atoms with van der Waals surface area (Å²) in [5.74, 6) is 1.48. The van der Waals surface area contributed by atoms with Crippen LogP contribution in [0.2, 0.25) is 0 Å². The molecule has 0 saturated heterocycles. The average Bonchev–Trinajstić information content (AvgIpc) is 2.89. The van der Waals surface area contributed by atoms with Crippen molar-refractivity contribution in [2.45, 2.75) is 45.8 Å². The topological polar surface area (TPSA) is 81.2 Å². The van der Waals surface area contributed by atoms with Crippen LogP contribution in [-0.2, 0) is 4.79 Å². The van der Waals surface area contributed by atoms with Crippen LogP contribution in [0.4, 0.5) is 0 Å². The second kappa shape index (κ2) is 5.93. The van der Waals surface area contributed by atoms with Crippen LogP contribution < -0.4 is 0 Å². The van der Waals surface area contributed by atoms with Crippen molar-refractivity contribution in [3.63, 3.8) is 0 Å². The average molecular weight is 309 g/mol. The standard InChI is InChI=1S/C14H19N3O3S/c1-7(2)17-13(12-8(3)9(4)20-10(12)5)15-16-14(17)21-6-11(18)19/h7H,6H2,1-5H3,(H,18,19). The van der Waals surface area contributed by atoms with Gasteiger partial charge in [0.1, 0.15) is 11.5 Å². The van der Waals surface area contributed by atoms with Crippen LogP contribution in [0.5, 0.6) is 0 Å². The van der Waals surface area contributed by atoms with E-state index < -0.39 is 5.97 Å². The van der Waals surface area contributed by atoms with Crippen LogP contribution in [0.15, 0.2) is 9.57 Å². The highest BCUT2D eigenvalue weighted by atomic mass is 32.2. The molecule has 7 heteroatoms. The molecule has 2 aromatic heterocycles. The van der Waals surface area contributed by atoms with E-state index in [1.165, 1.54) is 11.8 Å². The zero-order chi connectivity index (χ0) is 15.7. The van der Waals surface area contributed by atoms with E-state index in [0.717, 1.165) is 28.5 Å². The molecule has 0 amide bonds. The van der Waals surface area contributed by atoms with E-state index in [-0.39, 0.29) is 11.8 Å². The fourth-order valence-corrected chi connectivity index (χ4v) is 3.05. The van der Waals surface area contributed by atoms with Gasteiger partial charge in [-0.15, -0.1) is 10.2 Å². The first kappa shape index (κ1) is 15.6. The summed E-state index contributed by atoms with van der Waals surface area (Å²) in [6.45, 7) is 9.86. The number of nitrogens with zero attached hydrogens (tertiary/aromatic N) is 3. The highest BCUT2D eigenvalue weighted by Gasteiger charge is 2.23. The second-order valence-corrected chi connectivity index (χ2v) is 6.11. The monoisotopic (exact) mass is 309 g/mol. The molecule has 2 aromatic rings. The predicted molar refractivity (Wildman–Crippen MR) is 80.7 cm³/mol. The summed E-state index contributed by atoms with van der Waals surface area (Å²) in [7, 11) is 0. The third-order valence-electron chi connectivity index (χ3n) is 3.29. The molecule has 2 rings (SSSR count). The fourth-order valence-electron chi connectivity index (χ4n) is 2.26. The molecular formula is C14H19N3O3S. The molecule has 0 aliphatic rings. The molecule has 0 bridgehead atoms. The van der Waals surface area contributed by atoms with Gasteiger partial charge in [-0.05, 0) is 34.6 Å². The van der Waals surface area contributed by atoms with Gasteiger partial charge >= 0.3 is 5.97 Å². The maximum absolute atomic E-state index is 10.7. The maximum atomic E-state index is 10.7. The van der Waals surface area contributed by atoms with Crippen molar-refractivity contribution in [2.75, 3.05) is 5.75 Å². The zero-order valence-corrected chi connectivity index (χ0v) is 13.6. The first-order valence-electron chi connectivity index (χ1n) is 6.69. The number of furan rings is 1. The molecule has 0 aliphatic heterocycles. The number of hydrogen-bond donors (Lipinski definition) is 1. The molecule has 21 heavy (non-hydrogen) atoms. The molecule has 0 saturated carbocycles. The SMILES string of the molecule is Cc1oc(C)c(-c2nnc(SCC(=O)O)n2C(C)C)c1C. The Balaban J connectivity index is 2.52. The minimum atomic E-state index is -0.869. The smallest absolute Gasteiger partial charge is 0.313 e. The van der Waals surface area contributed by atoms with Crippen LogP contribution >= 0.6 is 11.8 Å². The van der Waals surface area contributed by atoms with Gasteiger partial charge in [0.2, 0.25) is 0 Å². The molecule has 0 aliphatic carbocycles. The molecule has 114 valence electrons. The summed E-state index contributed by atoms with van der Waals surface area (Å²) < 4.78 is 7.62. The van der Waals surface area contributed by atoms with Crippen molar-refractivity contribution in [1.29, 1.82) is 0 Å². The fraction of sp³-hybridized carbons (Fsp3) is 0.500. The van der Waals surface area contributed by atoms with Gasteiger partial charge < -0.3 is 9.52 Å². The molecule has 0 spiro atoms. The van der Waals surface area contributed by atoms with Crippen LogP contribution in [0, 0.1) is 20.8 Å². The van der Waals surface area contributed by atoms with Crippen LogP contribution in [0.1, 0.15) is 37.0 Å². The molecule has 0 unspecified atom stereocenters. The summed E-state index contributed by atoms with van der Waals surface area (Å²) in [6, 6.07) is 0.125. The molecule has 6 nitrogen and oxygen atoms in total. The lowest BCUT2D eigenvalue weighted by molar-refractivity contribution is -0.133. The normalized spacial score (nSPS) is 11.3. The van der Waals surface area contributed by atoms with Gasteiger partial charge in [-0.1, -0.05) is 11.8 Å². The molecule has 0 radical (unpaired) electrons. The van der Waals surface area contributed by atoms with Crippen LogP contribution in [0.3, 0.4) is 0 Å². The number of aromatic nitrogens is 3. The Labute approximate surface area is 127 Å². The van der Waals surface area contributed by atoms with Gasteiger partial charge in [0.05, 0.1) is 11.3 Å². The lowest BCUT2D eigenvalue weighted by Crippen LogP contribution is -2.07. The van der Waals surface area contributed by atoms with Crippen molar-refractivity contribution in [2.24, 2.45) is 0 Å². The molecule has 0 aromatic carbocycles. The van der Waals surface area contributed by atoms with E-state index >= 15 is 0 Å². The molecule has 0 atom stereocenters. The van der Waals surface area contributed by atoms with Crippen molar-refractivity contribution in [1.82, 2.24) is 14.8 Å². The minimum Gasteiger partial charge on any atom is -0.481 e. The second-order valence-electron chi connectivity index (χ2n) is 5.17. The Bertz CT molecular complexity index is 673. The maximum Gasteiger partial charge on any atom is 0.313 e. The largest absolute Gasteiger partial charge is 0.481 e. The summed E-state index contributed by atoms with van der Waals surface area (Å²) >= 11 is 1.18. The van der Waals surface area contributed by atoms with Crippen molar-refractivity contribution in [3.8, 4) is 11.4 Å². The Hall–Kier alpha value is -1.76. The van der Waals surface area contributed by atoms with Gasteiger partial charge in [0.25, 0.3) is 0 Å². The van der Waals surface area contributed by atoms with Crippen molar-refractivity contribution < 1.29 is 14.3 Å². The number of aryl methyl sites for hydroxylation is 2. The minimum absolute atomic E-state index is 0.0345. The summed E-state index contributed by atoms with van der Waals surface area (Å²) in [5, 5.41) is 17.8. The Morgan fingerprint density at radius 2 is 1.95 bits per heavy atom. The first-order valence-corrected chi connectivity index (χ1v) is 7.68. The number of thioether (sulfide) groups is 1. The molecule has 1 N–H and O–H groups in total. The van der Waals surface area contributed by atoms with Gasteiger partial charge in [-0.3, -0.25) is 9.36 Å². The number of carboxylic acid groups (broad SMARTS) is 1. The van der Waals surface area contributed by atoms with E-state index in [2.05, 4.69) is 10.2 Å². The van der Waals surface area contributed by atoms with E-state index in [1.807, 2.05) is 39.2 Å². The van der Waals surface area contributed by atoms with E-state index in [9.17, 15) is 4.79 Å². The number of carboxylic acids is 1. The number of carbonyl (C=O) groups is 1. The van der Waals surface area contributed by atoms with E-state index in [4.69, 9.17) is 9.52 Å². The van der Waals surface area contributed by atoms with Crippen molar-refractivity contribution >= 4 is 17.7 Å². The molecular weight excluding hydrogens is 290 g/mol. The van der Waals surface area contributed by atoms with Gasteiger partial charge in [-0.25, -0.2) is 0 Å². The first-order chi connectivity index (χ1) is 9.82. The summed E-state index contributed by atoms with van der Waals surface area (Å²) in [5.41, 5.74) is 1.98. The third-order valence-corrected chi connectivity index (χ3v) is 4.22. The summed E-state index contributed by atoms with van der Waals surface area (Å²) in [6.07, 6.45) is 0. The molecule has 0 fully saturated rings. The Morgan fingerprint density at radius 3 is 2.43 bits per heavy atom.